The molecule has 12 N–H and O–H groups in total. The molecule has 0 saturated carbocycles. The Morgan fingerprint density at radius 3 is 1.17 bits per heavy atom. The molecule has 4 amide bonds. The van der Waals surface area contributed by atoms with Gasteiger partial charge in [-0.1, -0.05) is 46.4 Å². The largest absolute Gasteiger partial charge is 0.480 e. The van der Waals surface area contributed by atoms with E-state index in [1.54, 1.807) is 0 Å². The number of hydrogen-bond donors (Lipinski definition) is 10. The summed E-state index contributed by atoms with van der Waals surface area (Å²) in [5, 5.41) is 43.5. The maximum Gasteiger partial charge on any atom is 0.322 e. The molecule has 0 rings (SSSR count). The summed E-state index contributed by atoms with van der Waals surface area (Å²) in [5.74, 6) is -9.47. The van der Waals surface area contributed by atoms with Crippen molar-refractivity contribution in [2.45, 2.75) is 49.9 Å². The van der Waals surface area contributed by atoms with E-state index in [0.717, 1.165) is 0 Å². The van der Waals surface area contributed by atoms with Crippen molar-refractivity contribution in [3.8, 4) is 0 Å². The number of carbonyl (C=O) groups is 8. The third-order valence-electron chi connectivity index (χ3n) is 5.42. The van der Waals surface area contributed by atoms with Gasteiger partial charge in [-0.25, -0.2) is 0 Å². The van der Waals surface area contributed by atoms with Crippen molar-refractivity contribution in [2.24, 2.45) is 11.5 Å². The molecule has 0 aliphatic heterocycles. The number of carboxylic acid groups (broad SMARTS) is 4. The van der Waals surface area contributed by atoms with Gasteiger partial charge in [0, 0.05) is 24.3 Å². The van der Waals surface area contributed by atoms with Gasteiger partial charge in [-0.3, -0.25) is 38.4 Å². The topological polar surface area (TPSA) is 318 Å². The number of allylic oxidation sites excluding steroid dienone is 2. The summed E-state index contributed by atoms with van der Waals surface area (Å²) in [5.41, 5.74) is 10.7. The average Bonchev–Trinajstić information content (AvgIpc) is 3.02. The first-order chi connectivity index (χ1) is 22.3. The minimum atomic E-state index is -1.38. The molecule has 0 radical (unpaired) electrons. The number of thioether (sulfide) groups is 2. The first kappa shape index (κ1) is 45.0. The molecule has 0 aromatic carbocycles. The molecule has 0 heterocycles. The van der Waals surface area contributed by atoms with E-state index in [-0.39, 0.29) is 56.0 Å². The Bertz CT molecular complexity index is 1210. The van der Waals surface area contributed by atoms with Gasteiger partial charge in [0.25, 0.3) is 0 Å². The van der Waals surface area contributed by atoms with Crippen LogP contribution in [0.4, 0.5) is 0 Å². The summed E-state index contributed by atoms with van der Waals surface area (Å²) in [4.78, 5) is 93.1. The van der Waals surface area contributed by atoms with E-state index >= 15 is 0 Å². The summed E-state index contributed by atoms with van der Waals surface area (Å²) in [6, 6.07) is -5.45. The van der Waals surface area contributed by atoms with E-state index in [1.165, 1.54) is 0 Å². The lowest BCUT2D eigenvalue weighted by Crippen LogP contribution is -2.49. The van der Waals surface area contributed by atoms with Gasteiger partial charge in [-0.2, -0.15) is 0 Å². The number of carbonyl (C=O) groups excluding carboxylic acids is 4. The molecule has 24 heteroatoms. The molecule has 0 bridgehead atoms. The van der Waals surface area contributed by atoms with Crippen LogP contribution in [0.25, 0.3) is 0 Å². The van der Waals surface area contributed by atoms with Gasteiger partial charge >= 0.3 is 23.9 Å². The highest BCUT2D eigenvalue weighted by molar-refractivity contribution is 8.05. The molecule has 48 heavy (non-hydrogen) atoms. The predicted octanol–water partition coefficient (Wildman–Crippen LogP) is -0.498. The van der Waals surface area contributed by atoms with E-state index in [4.69, 9.17) is 78.3 Å². The molecule has 0 aliphatic carbocycles. The van der Waals surface area contributed by atoms with Crippen molar-refractivity contribution < 1.29 is 58.8 Å². The quantitative estimate of drug-likeness (QED) is 0.0583. The SMILES string of the molecule is N[C@@H](CCC(=O)N[C@@H](CSC(Cl)=C(Cl)C(Cl)=C(Cl)SC[C@H](NC(=O)CC[C@H](N)C(=O)O)C(=O)NCC(=O)O)C(=O)NCC(=O)O)C(=O)O. The van der Waals surface area contributed by atoms with Crippen molar-refractivity contribution in [1.82, 2.24) is 21.3 Å². The minimum Gasteiger partial charge on any atom is -0.480 e. The Balaban J connectivity index is 5.72. The zero-order valence-corrected chi connectivity index (χ0v) is 29.2. The lowest BCUT2D eigenvalue weighted by Gasteiger charge is -2.19. The molecule has 0 unspecified atom stereocenters. The lowest BCUT2D eigenvalue weighted by atomic mass is 10.1. The number of nitrogens with one attached hydrogen (secondary N) is 4. The number of amides is 4. The van der Waals surface area contributed by atoms with Crippen LogP contribution in [-0.4, -0.2) is 117 Å². The Labute approximate surface area is 301 Å². The summed E-state index contributed by atoms with van der Waals surface area (Å²) < 4.78 is -0.505. The van der Waals surface area contributed by atoms with Crippen LogP contribution < -0.4 is 32.7 Å². The van der Waals surface area contributed by atoms with E-state index < -0.39 is 84.8 Å². The van der Waals surface area contributed by atoms with Crippen molar-refractivity contribution >= 4 is 117 Å². The molecular weight excluding hydrogens is 770 g/mol. The van der Waals surface area contributed by atoms with Gasteiger partial charge in [0.05, 0.1) is 18.8 Å². The summed E-state index contributed by atoms with van der Waals surface area (Å²) in [7, 11) is 0. The van der Waals surface area contributed by atoms with E-state index in [2.05, 4.69) is 21.3 Å². The first-order valence-corrected chi connectivity index (χ1v) is 16.7. The Kier molecular flexibility index (Phi) is 21.9. The van der Waals surface area contributed by atoms with Gasteiger partial charge < -0.3 is 53.2 Å². The number of aliphatic carboxylic acids is 4. The van der Waals surface area contributed by atoms with Crippen LogP contribution in [0.2, 0.25) is 0 Å². The normalized spacial score (nSPS) is 14.5. The number of rotatable bonds is 23. The van der Waals surface area contributed by atoms with Gasteiger partial charge in [-0.15, -0.1) is 23.5 Å². The number of nitrogens with two attached hydrogens (primary N) is 2. The third kappa shape index (κ3) is 19.1. The molecule has 0 aliphatic rings. The van der Waals surface area contributed by atoms with Crippen LogP contribution >= 0.6 is 69.9 Å². The van der Waals surface area contributed by atoms with Crippen molar-refractivity contribution in [1.29, 1.82) is 0 Å². The van der Waals surface area contributed by atoms with Crippen LogP contribution in [0.5, 0.6) is 0 Å². The fraction of sp³-hybridized carbons (Fsp3) is 0.500. The molecule has 0 spiro atoms. The molecule has 18 nitrogen and oxygen atoms in total. The lowest BCUT2D eigenvalue weighted by molar-refractivity contribution is -0.140. The molecule has 0 saturated heterocycles. The van der Waals surface area contributed by atoms with Gasteiger partial charge in [-0.05, 0) is 12.8 Å². The Morgan fingerprint density at radius 1 is 0.583 bits per heavy atom. The Hall–Kier alpha value is -2.98. The van der Waals surface area contributed by atoms with Crippen molar-refractivity contribution in [2.75, 3.05) is 24.6 Å². The smallest absolute Gasteiger partial charge is 0.322 e. The number of carboxylic acids is 4. The zero-order chi connectivity index (χ0) is 37.1. The van der Waals surface area contributed by atoms with Crippen LogP contribution in [0.3, 0.4) is 0 Å². The van der Waals surface area contributed by atoms with Crippen LogP contribution in [0.1, 0.15) is 25.7 Å². The maximum atomic E-state index is 12.5. The highest BCUT2D eigenvalue weighted by atomic mass is 35.5. The monoisotopic (exact) mass is 800 g/mol. The number of hydrogen-bond acceptors (Lipinski definition) is 12. The highest BCUT2D eigenvalue weighted by Gasteiger charge is 2.26. The fourth-order valence-corrected chi connectivity index (χ4v) is 5.75. The second-order valence-electron chi connectivity index (χ2n) is 9.23. The number of halogens is 4. The molecule has 0 aromatic heterocycles. The van der Waals surface area contributed by atoms with Crippen LogP contribution in [0.15, 0.2) is 18.8 Å². The molecule has 0 fully saturated rings. The predicted molar refractivity (Wildman–Crippen MR) is 177 cm³/mol. The molecule has 270 valence electrons. The second kappa shape index (κ2) is 23.4. The third-order valence-corrected chi connectivity index (χ3v) is 9.64. The average molecular weight is 802 g/mol. The molecular formula is C24H32Cl4N6O12S2. The van der Waals surface area contributed by atoms with Crippen LogP contribution in [0, 0.1) is 0 Å². The zero-order valence-electron chi connectivity index (χ0n) is 24.5. The van der Waals surface area contributed by atoms with E-state index in [0.29, 0.717) is 23.5 Å². The van der Waals surface area contributed by atoms with Gasteiger partial charge in [0.2, 0.25) is 23.6 Å². The first-order valence-electron chi connectivity index (χ1n) is 13.2. The molecule has 4 atom stereocenters. The second-order valence-corrected chi connectivity index (χ2v) is 13.2. The van der Waals surface area contributed by atoms with E-state index in [9.17, 15) is 38.4 Å². The summed E-state index contributed by atoms with van der Waals surface area (Å²) in [6.07, 6.45) is -1.27. The maximum absolute atomic E-state index is 12.5. The standard InChI is InChI=1S/C24H32Cl4N6O12S2/c25-17(19(27)47-7-11(21(41)31-5-15(37)38)33-13(35)3-1-9(29)23(43)44)18(26)20(28)48-8-12(22(42)32-6-16(39)40)34-14(36)4-2-10(30)24(45)46/h9-12H,1-8,29-30H2,(H,31,41)(H,32,42)(H,33,35)(H,34,36)(H,37,38)(H,39,40)(H,43,44)(H,45,46)/t9-,10-,11-,12-/m0/s1. The highest BCUT2D eigenvalue weighted by Crippen LogP contribution is 2.38. The van der Waals surface area contributed by atoms with Gasteiger partial charge in [0.1, 0.15) is 37.3 Å². The minimum absolute atomic E-state index is 0.252. The molecule has 0 aromatic rings. The van der Waals surface area contributed by atoms with E-state index in [1.807, 2.05) is 0 Å². The van der Waals surface area contributed by atoms with Crippen molar-refractivity contribution in [3.05, 3.63) is 18.8 Å². The summed E-state index contributed by atoms with van der Waals surface area (Å²) >= 11 is 26.3. The Morgan fingerprint density at radius 2 is 0.896 bits per heavy atom. The fourth-order valence-electron chi connectivity index (χ4n) is 2.90. The van der Waals surface area contributed by atoms with Gasteiger partial charge in [0.15, 0.2) is 0 Å². The van der Waals surface area contributed by atoms with Crippen LogP contribution in [-0.2, 0) is 38.4 Å². The van der Waals surface area contributed by atoms with Crippen molar-refractivity contribution in [3.63, 3.8) is 0 Å². The summed E-state index contributed by atoms with van der Waals surface area (Å²) in [6.45, 7) is -1.56.